The molecule has 1 aromatic carbocycles. The van der Waals surface area contributed by atoms with Crippen LogP contribution >= 0.6 is 0 Å². The zero-order valence-corrected chi connectivity index (χ0v) is 8.30. The van der Waals surface area contributed by atoms with Gasteiger partial charge >= 0.3 is 5.97 Å². The van der Waals surface area contributed by atoms with Gasteiger partial charge in [-0.05, 0) is 17.7 Å². The molecule has 0 aliphatic carbocycles. The van der Waals surface area contributed by atoms with Crippen molar-refractivity contribution in [1.29, 1.82) is 5.26 Å². The Bertz CT molecular complexity index is 378. The molecule has 0 bridgehead atoms. The minimum absolute atomic E-state index is 0.178. The summed E-state index contributed by atoms with van der Waals surface area (Å²) in [6.45, 7) is 0. The molecular formula is C11H11NO3. The molecular weight excluding hydrogens is 194 g/mol. The Balaban J connectivity index is 2.84. The summed E-state index contributed by atoms with van der Waals surface area (Å²) in [5, 5.41) is 17.4. The molecule has 0 spiro atoms. The molecule has 4 nitrogen and oxygen atoms in total. The number of methoxy groups -OCH3 is 1. The van der Waals surface area contributed by atoms with Gasteiger partial charge in [-0.2, -0.15) is 5.26 Å². The molecule has 1 atom stereocenters. The Morgan fingerprint density at radius 2 is 2.13 bits per heavy atom. The van der Waals surface area contributed by atoms with E-state index >= 15 is 0 Å². The van der Waals surface area contributed by atoms with E-state index < -0.39 is 11.9 Å². The van der Waals surface area contributed by atoms with Crippen LogP contribution in [0.15, 0.2) is 24.3 Å². The number of carboxylic acid groups (broad SMARTS) is 1. The maximum Gasteiger partial charge on any atom is 0.305 e. The van der Waals surface area contributed by atoms with Gasteiger partial charge in [-0.25, -0.2) is 0 Å². The van der Waals surface area contributed by atoms with Gasteiger partial charge in [0.2, 0.25) is 0 Å². The standard InChI is InChI=1S/C11H11NO3/c1-15-10-4-2-8(3-5-10)9(7-12)6-11(13)14/h2-5,9H,6H2,1H3,(H,13,14)/t9-/m1/s1. The molecule has 15 heavy (non-hydrogen) atoms. The van der Waals surface area contributed by atoms with E-state index in [1.54, 1.807) is 31.4 Å². The van der Waals surface area contributed by atoms with E-state index in [4.69, 9.17) is 15.1 Å². The molecule has 0 fully saturated rings. The van der Waals surface area contributed by atoms with Crippen LogP contribution in [0.25, 0.3) is 0 Å². The molecule has 0 aliphatic heterocycles. The third kappa shape index (κ3) is 2.99. The number of rotatable bonds is 4. The normalized spacial score (nSPS) is 11.5. The van der Waals surface area contributed by atoms with Crippen LogP contribution in [0.3, 0.4) is 0 Å². The molecule has 78 valence electrons. The second-order valence-electron chi connectivity index (χ2n) is 3.05. The number of aliphatic carboxylic acids is 1. The zero-order valence-electron chi connectivity index (χ0n) is 8.30. The van der Waals surface area contributed by atoms with E-state index in [9.17, 15) is 4.79 Å². The number of nitriles is 1. The maximum absolute atomic E-state index is 10.5. The minimum atomic E-state index is -0.975. The Hall–Kier alpha value is -2.02. The lowest BCUT2D eigenvalue weighted by Gasteiger charge is -2.07. The van der Waals surface area contributed by atoms with Crippen molar-refractivity contribution in [3.8, 4) is 11.8 Å². The van der Waals surface area contributed by atoms with Gasteiger partial charge in [-0.15, -0.1) is 0 Å². The van der Waals surface area contributed by atoms with E-state index in [0.29, 0.717) is 11.3 Å². The number of carbonyl (C=O) groups is 1. The third-order valence-corrected chi connectivity index (χ3v) is 2.05. The molecule has 0 saturated carbocycles. The lowest BCUT2D eigenvalue weighted by molar-refractivity contribution is -0.137. The van der Waals surface area contributed by atoms with Crippen molar-refractivity contribution >= 4 is 5.97 Å². The van der Waals surface area contributed by atoms with E-state index in [-0.39, 0.29) is 6.42 Å². The van der Waals surface area contributed by atoms with Crippen molar-refractivity contribution in [1.82, 2.24) is 0 Å². The van der Waals surface area contributed by atoms with Crippen molar-refractivity contribution in [3.63, 3.8) is 0 Å². The SMILES string of the molecule is COc1ccc([C@@H](C#N)CC(=O)O)cc1. The van der Waals surface area contributed by atoms with Crippen molar-refractivity contribution in [2.45, 2.75) is 12.3 Å². The van der Waals surface area contributed by atoms with Crippen LogP contribution in [-0.2, 0) is 4.79 Å². The van der Waals surface area contributed by atoms with Crippen molar-refractivity contribution in [3.05, 3.63) is 29.8 Å². The van der Waals surface area contributed by atoms with Crippen LogP contribution in [0.5, 0.6) is 5.75 Å². The predicted octanol–water partition coefficient (Wildman–Crippen LogP) is 1.78. The van der Waals surface area contributed by atoms with Crippen molar-refractivity contribution < 1.29 is 14.6 Å². The second-order valence-corrected chi connectivity index (χ2v) is 3.05. The molecule has 1 rings (SSSR count). The van der Waals surface area contributed by atoms with E-state index in [1.807, 2.05) is 6.07 Å². The first-order chi connectivity index (χ1) is 7.17. The lowest BCUT2D eigenvalue weighted by atomic mass is 9.97. The van der Waals surface area contributed by atoms with Crippen LogP contribution in [0.1, 0.15) is 17.9 Å². The monoisotopic (exact) mass is 205 g/mol. The molecule has 1 aromatic rings. The molecule has 0 heterocycles. The fraction of sp³-hybridized carbons (Fsp3) is 0.273. The molecule has 0 radical (unpaired) electrons. The molecule has 0 saturated heterocycles. The lowest BCUT2D eigenvalue weighted by Crippen LogP contribution is -2.04. The molecule has 0 amide bonds. The minimum Gasteiger partial charge on any atom is -0.497 e. The van der Waals surface area contributed by atoms with Crippen molar-refractivity contribution in [2.24, 2.45) is 0 Å². The third-order valence-electron chi connectivity index (χ3n) is 2.05. The van der Waals surface area contributed by atoms with Crippen LogP contribution in [0.2, 0.25) is 0 Å². The first kappa shape index (κ1) is 11.1. The Labute approximate surface area is 87.7 Å². The van der Waals surface area contributed by atoms with Gasteiger partial charge in [0.25, 0.3) is 0 Å². The fourth-order valence-electron chi connectivity index (χ4n) is 1.25. The van der Waals surface area contributed by atoms with E-state index in [2.05, 4.69) is 0 Å². The van der Waals surface area contributed by atoms with Crippen LogP contribution in [0, 0.1) is 11.3 Å². The topological polar surface area (TPSA) is 70.3 Å². The van der Waals surface area contributed by atoms with Gasteiger partial charge in [-0.3, -0.25) is 4.79 Å². The smallest absolute Gasteiger partial charge is 0.305 e. The highest BCUT2D eigenvalue weighted by molar-refractivity contribution is 5.68. The Morgan fingerprint density at radius 3 is 2.53 bits per heavy atom. The van der Waals surface area contributed by atoms with Crippen molar-refractivity contribution in [2.75, 3.05) is 7.11 Å². The highest BCUT2D eigenvalue weighted by atomic mass is 16.5. The average Bonchev–Trinajstić information content (AvgIpc) is 2.26. The van der Waals surface area contributed by atoms with Crippen LogP contribution < -0.4 is 4.74 Å². The second kappa shape index (κ2) is 5.01. The average molecular weight is 205 g/mol. The molecule has 4 heteroatoms. The van der Waals surface area contributed by atoms with Crippen LogP contribution in [-0.4, -0.2) is 18.2 Å². The largest absolute Gasteiger partial charge is 0.497 e. The predicted molar refractivity (Wildman–Crippen MR) is 53.6 cm³/mol. The Kier molecular flexibility index (Phi) is 3.69. The molecule has 0 unspecified atom stereocenters. The first-order valence-electron chi connectivity index (χ1n) is 4.42. The van der Waals surface area contributed by atoms with Gasteiger partial charge in [0.15, 0.2) is 0 Å². The van der Waals surface area contributed by atoms with Gasteiger partial charge in [-0.1, -0.05) is 12.1 Å². The number of nitrogens with zero attached hydrogens (tertiary/aromatic N) is 1. The zero-order chi connectivity index (χ0) is 11.3. The first-order valence-corrected chi connectivity index (χ1v) is 4.42. The summed E-state index contributed by atoms with van der Waals surface area (Å²) >= 11 is 0. The van der Waals surface area contributed by atoms with Gasteiger partial charge in [0.05, 0.1) is 25.5 Å². The molecule has 0 aliphatic rings. The number of hydrogen-bond acceptors (Lipinski definition) is 3. The summed E-state index contributed by atoms with van der Waals surface area (Å²) in [7, 11) is 1.55. The maximum atomic E-state index is 10.5. The fourth-order valence-corrected chi connectivity index (χ4v) is 1.25. The summed E-state index contributed by atoms with van der Waals surface area (Å²) in [4.78, 5) is 10.5. The van der Waals surface area contributed by atoms with E-state index in [0.717, 1.165) is 0 Å². The highest BCUT2D eigenvalue weighted by Crippen LogP contribution is 2.21. The number of hydrogen-bond donors (Lipinski definition) is 1. The van der Waals surface area contributed by atoms with E-state index in [1.165, 1.54) is 0 Å². The molecule has 1 N–H and O–H groups in total. The summed E-state index contributed by atoms with van der Waals surface area (Å²) < 4.78 is 4.96. The summed E-state index contributed by atoms with van der Waals surface area (Å²) in [6.07, 6.45) is -0.178. The van der Waals surface area contributed by atoms with Crippen LogP contribution in [0.4, 0.5) is 0 Å². The van der Waals surface area contributed by atoms with Gasteiger partial charge in [0.1, 0.15) is 5.75 Å². The summed E-state index contributed by atoms with van der Waals surface area (Å²) in [5.41, 5.74) is 0.695. The number of ether oxygens (including phenoxy) is 1. The quantitative estimate of drug-likeness (QED) is 0.813. The van der Waals surface area contributed by atoms with Gasteiger partial charge in [0, 0.05) is 0 Å². The number of benzene rings is 1. The Morgan fingerprint density at radius 1 is 1.53 bits per heavy atom. The van der Waals surface area contributed by atoms with Gasteiger partial charge < -0.3 is 9.84 Å². The summed E-state index contributed by atoms with van der Waals surface area (Å²) in [6, 6.07) is 8.79. The summed E-state index contributed by atoms with van der Waals surface area (Å²) in [5.74, 6) is -0.892. The number of carboxylic acids is 1. The molecule has 0 aromatic heterocycles. The highest BCUT2D eigenvalue weighted by Gasteiger charge is 2.14.